The number of rotatable bonds is 7. The average Bonchev–Trinajstić information content (AvgIpc) is 2.46. The maximum atomic E-state index is 11.8. The van der Waals surface area contributed by atoms with E-state index in [0.29, 0.717) is 18.8 Å². The summed E-state index contributed by atoms with van der Waals surface area (Å²) in [6.07, 6.45) is 0.858. The number of nitrogens with one attached hydrogen (secondary N) is 3. The Labute approximate surface area is 125 Å². The number of hydrogen-bond acceptors (Lipinski definition) is 3. The third kappa shape index (κ3) is 6.16. The van der Waals surface area contributed by atoms with E-state index in [4.69, 9.17) is 4.74 Å². The minimum absolute atomic E-state index is 0.196. The normalized spacial score (nSPS) is 11.4. The monoisotopic (exact) mass is 293 g/mol. The third-order valence-electron chi connectivity index (χ3n) is 2.71. The molecule has 1 rings (SSSR count). The largest absolute Gasteiger partial charge is 0.494 e. The van der Waals surface area contributed by atoms with Crippen molar-refractivity contribution in [1.29, 1.82) is 0 Å². The Morgan fingerprint density at radius 2 is 1.86 bits per heavy atom. The highest BCUT2D eigenvalue weighted by Gasteiger charge is 2.14. The molecule has 1 atom stereocenters. The average molecular weight is 293 g/mol. The molecule has 6 nitrogen and oxygen atoms in total. The third-order valence-corrected chi connectivity index (χ3v) is 2.71. The lowest BCUT2D eigenvalue weighted by atomic mass is 10.3. The topological polar surface area (TPSA) is 79.5 Å². The smallest absolute Gasteiger partial charge is 0.319 e. The zero-order valence-corrected chi connectivity index (χ0v) is 12.7. The van der Waals surface area contributed by atoms with Crippen LogP contribution in [0.25, 0.3) is 0 Å². The number of carbonyl (C=O) groups is 2. The Bertz CT molecular complexity index is 460. The molecular formula is C15H23N3O3. The molecule has 0 aliphatic carbocycles. The first-order valence-corrected chi connectivity index (χ1v) is 7.14. The van der Waals surface area contributed by atoms with Gasteiger partial charge in [-0.25, -0.2) is 4.79 Å². The molecule has 0 aliphatic rings. The Morgan fingerprint density at radius 1 is 1.19 bits per heavy atom. The maximum absolute atomic E-state index is 11.8. The van der Waals surface area contributed by atoms with Crippen LogP contribution in [0.2, 0.25) is 0 Å². The van der Waals surface area contributed by atoms with Crippen molar-refractivity contribution in [3.63, 3.8) is 0 Å². The highest BCUT2D eigenvalue weighted by Crippen LogP contribution is 2.15. The van der Waals surface area contributed by atoms with E-state index in [1.807, 2.05) is 13.8 Å². The van der Waals surface area contributed by atoms with E-state index in [-0.39, 0.29) is 5.91 Å². The number of anilines is 1. The summed E-state index contributed by atoms with van der Waals surface area (Å²) in [4.78, 5) is 23.4. The molecule has 0 fully saturated rings. The van der Waals surface area contributed by atoms with Crippen molar-refractivity contribution in [3.05, 3.63) is 24.3 Å². The molecule has 116 valence electrons. The summed E-state index contributed by atoms with van der Waals surface area (Å²) in [5, 5.41) is 7.98. The molecule has 0 radical (unpaired) electrons. The molecule has 0 aliphatic heterocycles. The highest BCUT2D eigenvalue weighted by molar-refractivity contribution is 5.93. The molecule has 0 unspecified atom stereocenters. The van der Waals surface area contributed by atoms with Crippen LogP contribution in [0.1, 0.15) is 27.2 Å². The van der Waals surface area contributed by atoms with Crippen molar-refractivity contribution in [2.75, 3.05) is 18.5 Å². The summed E-state index contributed by atoms with van der Waals surface area (Å²) in [7, 11) is 0. The Hall–Kier alpha value is -2.24. The Morgan fingerprint density at radius 3 is 2.43 bits per heavy atom. The molecule has 0 aromatic heterocycles. The zero-order chi connectivity index (χ0) is 15.7. The molecule has 3 N–H and O–H groups in total. The van der Waals surface area contributed by atoms with Crippen LogP contribution in [0.5, 0.6) is 5.75 Å². The first-order valence-electron chi connectivity index (χ1n) is 7.14. The lowest BCUT2D eigenvalue weighted by molar-refractivity contribution is -0.122. The highest BCUT2D eigenvalue weighted by atomic mass is 16.5. The zero-order valence-electron chi connectivity index (χ0n) is 12.7. The van der Waals surface area contributed by atoms with Gasteiger partial charge in [-0.15, -0.1) is 0 Å². The van der Waals surface area contributed by atoms with E-state index in [1.165, 1.54) is 0 Å². The van der Waals surface area contributed by atoms with E-state index in [9.17, 15) is 9.59 Å². The lowest BCUT2D eigenvalue weighted by Crippen LogP contribution is -2.46. The van der Waals surface area contributed by atoms with Crippen molar-refractivity contribution in [1.82, 2.24) is 10.6 Å². The lowest BCUT2D eigenvalue weighted by Gasteiger charge is -2.14. The van der Waals surface area contributed by atoms with Crippen LogP contribution in [0.3, 0.4) is 0 Å². The van der Waals surface area contributed by atoms with Gasteiger partial charge >= 0.3 is 6.03 Å². The van der Waals surface area contributed by atoms with Crippen molar-refractivity contribution >= 4 is 17.6 Å². The molecule has 1 aromatic rings. The minimum atomic E-state index is -0.584. The summed E-state index contributed by atoms with van der Waals surface area (Å²) in [6.45, 7) is 6.72. The molecule has 3 amide bonds. The summed E-state index contributed by atoms with van der Waals surface area (Å²) >= 11 is 0. The van der Waals surface area contributed by atoms with Crippen LogP contribution >= 0.6 is 0 Å². The number of carbonyl (C=O) groups excluding carboxylic acids is 2. The maximum Gasteiger partial charge on any atom is 0.319 e. The van der Waals surface area contributed by atoms with Crippen LogP contribution in [0.4, 0.5) is 10.5 Å². The van der Waals surface area contributed by atoms with Crippen LogP contribution in [0, 0.1) is 0 Å². The number of amides is 3. The van der Waals surface area contributed by atoms with Crippen molar-refractivity contribution < 1.29 is 14.3 Å². The van der Waals surface area contributed by atoms with Gasteiger partial charge in [0.1, 0.15) is 11.8 Å². The van der Waals surface area contributed by atoms with Crippen molar-refractivity contribution in [2.24, 2.45) is 0 Å². The Balaban J connectivity index is 2.43. The summed E-state index contributed by atoms with van der Waals surface area (Å²) in [5.74, 6) is 0.550. The molecule has 0 saturated carbocycles. The van der Waals surface area contributed by atoms with Gasteiger partial charge in [0.05, 0.1) is 6.61 Å². The van der Waals surface area contributed by atoms with E-state index in [0.717, 1.165) is 12.2 Å². The molecule has 0 spiro atoms. The predicted molar refractivity (Wildman–Crippen MR) is 82.5 cm³/mol. The molecular weight excluding hydrogens is 270 g/mol. The van der Waals surface area contributed by atoms with Crippen LogP contribution < -0.4 is 20.7 Å². The van der Waals surface area contributed by atoms with Gasteiger partial charge in [0.2, 0.25) is 5.91 Å². The number of ether oxygens (including phenoxy) is 1. The summed E-state index contributed by atoms with van der Waals surface area (Å²) in [6, 6.07) is 6.03. The van der Waals surface area contributed by atoms with Crippen LogP contribution in [-0.4, -0.2) is 31.1 Å². The SMILES string of the molecule is CCCNC(=O)[C@H](C)NC(=O)Nc1ccc(OCC)cc1. The molecule has 1 aromatic carbocycles. The van der Waals surface area contributed by atoms with Gasteiger partial charge in [0.15, 0.2) is 0 Å². The molecule has 0 saturated heterocycles. The first-order chi connectivity index (χ1) is 10.1. The fourth-order valence-corrected chi connectivity index (χ4v) is 1.63. The van der Waals surface area contributed by atoms with Gasteiger partial charge in [-0.3, -0.25) is 4.79 Å². The second kappa shape index (κ2) is 8.84. The van der Waals surface area contributed by atoms with Crippen LogP contribution in [-0.2, 0) is 4.79 Å². The summed E-state index contributed by atoms with van der Waals surface area (Å²) in [5.41, 5.74) is 0.636. The molecule has 0 heterocycles. The van der Waals surface area contributed by atoms with Gasteiger partial charge in [0.25, 0.3) is 0 Å². The van der Waals surface area contributed by atoms with E-state index >= 15 is 0 Å². The predicted octanol–water partition coefficient (Wildman–Crippen LogP) is 2.12. The first kappa shape index (κ1) is 16.8. The Kier molecular flexibility index (Phi) is 7.08. The second-order valence-electron chi connectivity index (χ2n) is 4.57. The number of hydrogen-bond donors (Lipinski definition) is 3. The fourth-order valence-electron chi connectivity index (χ4n) is 1.63. The van der Waals surface area contributed by atoms with Gasteiger partial charge in [-0.05, 0) is 44.5 Å². The summed E-state index contributed by atoms with van der Waals surface area (Å²) < 4.78 is 5.32. The second-order valence-corrected chi connectivity index (χ2v) is 4.57. The van der Waals surface area contributed by atoms with E-state index in [2.05, 4.69) is 16.0 Å². The quantitative estimate of drug-likeness (QED) is 0.720. The van der Waals surface area contributed by atoms with Gasteiger partial charge in [-0.2, -0.15) is 0 Å². The fraction of sp³-hybridized carbons (Fsp3) is 0.467. The van der Waals surface area contributed by atoms with Gasteiger partial charge in [0, 0.05) is 12.2 Å². The van der Waals surface area contributed by atoms with Crippen molar-refractivity contribution in [2.45, 2.75) is 33.2 Å². The van der Waals surface area contributed by atoms with E-state index < -0.39 is 12.1 Å². The molecule has 0 bridgehead atoms. The minimum Gasteiger partial charge on any atom is -0.494 e. The van der Waals surface area contributed by atoms with Crippen LogP contribution in [0.15, 0.2) is 24.3 Å². The molecule has 21 heavy (non-hydrogen) atoms. The van der Waals surface area contributed by atoms with Crippen molar-refractivity contribution in [3.8, 4) is 5.75 Å². The van der Waals surface area contributed by atoms with Gasteiger partial charge < -0.3 is 20.7 Å². The molecule has 6 heteroatoms. The standard InChI is InChI=1S/C15H23N3O3/c1-4-10-16-14(19)11(3)17-15(20)18-12-6-8-13(9-7-12)21-5-2/h6-9,11H,4-5,10H2,1-3H3,(H,16,19)(H2,17,18,20)/t11-/m0/s1. The van der Waals surface area contributed by atoms with E-state index in [1.54, 1.807) is 31.2 Å². The number of urea groups is 1. The number of benzene rings is 1. The van der Waals surface area contributed by atoms with Gasteiger partial charge in [-0.1, -0.05) is 6.92 Å².